The predicted molar refractivity (Wildman–Crippen MR) is 41.0 cm³/mol. The van der Waals surface area contributed by atoms with Crippen LogP contribution in [0.4, 0.5) is 0 Å². The number of nitrogens with zero attached hydrogens (tertiary/aromatic N) is 1. The van der Waals surface area contributed by atoms with Crippen molar-refractivity contribution in [2.45, 2.75) is 6.10 Å². The van der Waals surface area contributed by atoms with Gasteiger partial charge in [0, 0.05) is 12.7 Å². The molecule has 4 heteroatoms. The fourth-order valence-electron chi connectivity index (χ4n) is 0.691. The minimum absolute atomic E-state index is 0.405. The number of hydrogen-bond acceptors (Lipinski definition) is 4. The highest BCUT2D eigenvalue weighted by atomic mass is 32.1. The van der Waals surface area contributed by atoms with Crippen LogP contribution in [0.1, 0.15) is 11.0 Å². The monoisotopic (exact) mass is 158 g/mol. The molecule has 0 radical (unpaired) electrons. The summed E-state index contributed by atoms with van der Waals surface area (Å²) in [5.74, 6) is 0. The molecule has 0 saturated carbocycles. The summed E-state index contributed by atoms with van der Waals surface area (Å²) in [5, 5.41) is 12.2. The first-order valence-electron chi connectivity index (χ1n) is 3.08. The van der Waals surface area contributed by atoms with Crippen LogP contribution in [-0.4, -0.2) is 23.1 Å². The fraction of sp³-hybridized carbons (Fsp3) is 0.500. The van der Waals surface area contributed by atoms with E-state index in [0.29, 0.717) is 6.54 Å². The molecule has 56 valence electrons. The molecule has 0 amide bonds. The number of nitrogens with one attached hydrogen (secondary N) is 1. The number of hydrogen-bond donors (Lipinski definition) is 2. The predicted octanol–water partition coefficient (Wildman–Crippen LogP) is 0.396. The van der Waals surface area contributed by atoms with Crippen molar-refractivity contribution in [1.29, 1.82) is 0 Å². The minimum Gasteiger partial charge on any atom is -0.386 e. The molecule has 0 spiro atoms. The van der Waals surface area contributed by atoms with Gasteiger partial charge in [-0.3, -0.25) is 0 Å². The molecular weight excluding hydrogens is 148 g/mol. The third kappa shape index (κ3) is 1.76. The molecule has 1 aromatic rings. The van der Waals surface area contributed by atoms with Crippen molar-refractivity contribution in [3.63, 3.8) is 0 Å². The first-order chi connectivity index (χ1) is 4.84. The number of aromatic nitrogens is 1. The van der Waals surface area contributed by atoms with Gasteiger partial charge in [0.2, 0.25) is 0 Å². The Morgan fingerprint density at radius 2 is 2.70 bits per heavy atom. The molecule has 1 heterocycles. The van der Waals surface area contributed by atoms with Gasteiger partial charge in [0.15, 0.2) is 0 Å². The Hall–Kier alpha value is -0.450. The van der Waals surface area contributed by atoms with Crippen molar-refractivity contribution in [2.24, 2.45) is 0 Å². The average molecular weight is 158 g/mol. The smallest absolute Gasteiger partial charge is 0.102 e. The molecule has 1 atom stereocenters. The summed E-state index contributed by atoms with van der Waals surface area (Å²) in [6.07, 6.45) is 1.29. The number of aliphatic hydroxyl groups is 1. The first-order valence-corrected chi connectivity index (χ1v) is 3.85. The summed E-state index contributed by atoms with van der Waals surface area (Å²) in [6, 6.07) is 1.83. The molecule has 0 bridgehead atoms. The van der Waals surface area contributed by atoms with Crippen LogP contribution in [0.2, 0.25) is 0 Å². The van der Waals surface area contributed by atoms with E-state index >= 15 is 0 Å². The molecule has 2 N–H and O–H groups in total. The second-order valence-corrected chi connectivity index (χ2v) is 2.85. The molecule has 0 saturated heterocycles. The second-order valence-electron chi connectivity index (χ2n) is 1.99. The van der Waals surface area contributed by atoms with Crippen molar-refractivity contribution in [3.05, 3.63) is 17.1 Å². The minimum atomic E-state index is -0.405. The zero-order chi connectivity index (χ0) is 7.40. The lowest BCUT2D eigenvalue weighted by Gasteiger charge is -2.04. The van der Waals surface area contributed by atoms with Crippen molar-refractivity contribution in [2.75, 3.05) is 13.6 Å². The lowest BCUT2D eigenvalue weighted by atomic mass is 10.3. The maximum absolute atomic E-state index is 9.32. The Balaban J connectivity index is 2.50. The molecule has 1 rings (SSSR count). The Kier molecular flexibility index (Phi) is 2.80. The lowest BCUT2D eigenvalue weighted by molar-refractivity contribution is 0.181. The highest BCUT2D eigenvalue weighted by Crippen LogP contribution is 2.14. The molecule has 1 aromatic heterocycles. The second kappa shape index (κ2) is 3.65. The number of aliphatic hydroxyl groups excluding tert-OH is 1. The molecule has 0 aromatic carbocycles. The Bertz CT molecular complexity index is 176. The molecule has 0 aliphatic carbocycles. The van der Waals surface area contributed by atoms with Crippen LogP contribution in [0, 0.1) is 0 Å². The SMILES string of the molecule is CNCC(O)c1ccns1. The van der Waals surface area contributed by atoms with Gasteiger partial charge in [-0.15, -0.1) is 0 Å². The van der Waals surface area contributed by atoms with E-state index in [1.807, 2.05) is 13.1 Å². The normalized spacial score (nSPS) is 13.4. The molecular formula is C6H10N2OS. The summed E-state index contributed by atoms with van der Waals surface area (Å²) in [7, 11) is 1.81. The summed E-state index contributed by atoms with van der Waals surface area (Å²) in [6.45, 7) is 0.586. The first kappa shape index (κ1) is 7.65. The van der Waals surface area contributed by atoms with Gasteiger partial charge in [0.1, 0.15) is 6.10 Å². The van der Waals surface area contributed by atoms with Crippen LogP contribution in [0.5, 0.6) is 0 Å². The van der Waals surface area contributed by atoms with E-state index in [9.17, 15) is 5.11 Å². The van der Waals surface area contributed by atoms with Crippen LogP contribution in [0.25, 0.3) is 0 Å². The standard InChI is InChI=1S/C6H10N2OS/c1-7-4-5(9)6-2-3-8-10-6/h2-3,5,7,9H,4H2,1H3. The van der Waals surface area contributed by atoms with Crippen LogP contribution in [0.15, 0.2) is 12.3 Å². The third-order valence-electron chi connectivity index (χ3n) is 1.18. The van der Waals surface area contributed by atoms with Gasteiger partial charge in [-0.05, 0) is 24.6 Å². The molecule has 0 fully saturated rings. The maximum atomic E-state index is 9.32. The molecule has 10 heavy (non-hydrogen) atoms. The van der Waals surface area contributed by atoms with Crippen molar-refractivity contribution >= 4 is 11.5 Å². The largest absolute Gasteiger partial charge is 0.386 e. The molecule has 0 aliphatic heterocycles. The van der Waals surface area contributed by atoms with Gasteiger partial charge in [0.05, 0.1) is 4.88 Å². The Morgan fingerprint density at radius 3 is 3.20 bits per heavy atom. The highest BCUT2D eigenvalue weighted by molar-refractivity contribution is 7.05. The Morgan fingerprint density at radius 1 is 1.90 bits per heavy atom. The van der Waals surface area contributed by atoms with E-state index in [4.69, 9.17) is 0 Å². The summed E-state index contributed by atoms with van der Waals surface area (Å²) in [4.78, 5) is 0.911. The van der Waals surface area contributed by atoms with E-state index in [-0.39, 0.29) is 0 Å². The average Bonchev–Trinajstić information content (AvgIpc) is 2.38. The van der Waals surface area contributed by atoms with Crippen LogP contribution < -0.4 is 5.32 Å². The zero-order valence-corrected chi connectivity index (χ0v) is 6.56. The van der Waals surface area contributed by atoms with Crippen LogP contribution in [-0.2, 0) is 0 Å². The van der Waals surface area contributed by atoms with Crippen molar-refractivity contribution < 1.29 is 5.11 Å². The van der Waals surface area contributed by atoms with Crippen LogP contribution in [0.3, 0.4) is 0 Å². The van der Waals surface area contributed by atoms with E-state index in [1.165, 1.54) is 11.5 Å². The Labute approximate surface area is 63.9 Å². The van der Waals surface area contributed by atoms with E-state index in [2.05, 4.69) is 9.69 Å². The summed E-state index contributed by atoms with van der Waals surface area (Å²) in [5.41, 5.74) is 0. The van der Waals surface area contributed by atoms with Gasteiger partial charge in [-0.25, -0.2) is 4.37 Å². The topological polar surface area (TPSA) is 45.1 Å². The number of likely N-dealkylation sites (N-methyl/N-ethyl adjacent to an activating group) is 1. The zero-order valence-electron chi connectivity index (χ0n) is 5.74. The number of rotatable bonds is 3. The summed E-state index contributed by atoms with van der Waals surface area (Å²) >= 11 is 1.33. The molecule has 0 aliphatic rings. The van der Waals surface area contributed by atoms with Crippen LogP contribution >= 0.6 is 11.5 Å². The molecule has 3 nitrogen and oxygen atoms in total. The quantitative estimate of drug-likeness (QED) is 0.669. The highest BCUT2D eigenvalue weighted by Gasteiger charge is 2.06. The third-order valence-corrected chi connectivity index (χ3v) is 2.03. The van der Waals surface area contributed by atoms with Gasteiger partial charge < -0.3 is 10.4 Å². The van der Waals surface area contributed by atoms with E-state index in [1.54, 1.807) is 6.20 Å². The molecule has 1 unspecified atom stereocenters. The van der Waals surface area contributed by atoms with Gasteiger partial charge in [-0.2, -0.15) is 0 Å². The lowest BCUT2D eigenvalue weighted by Crippen LogP contribution is -2.15. The maximum Gasteiger partial charge on any atom is 0.102 e. The van der Waals surface area contributed by atoms with Gasteiger partial charge in [0.25, 0.3) is 0 Å². The van der Waals surface area contributed by atoms with Gasteiger partial charge in [-0.1, -0.05) is 0 Å². The van der Waals surface area contributed by atoms with Crippen molar-refractivity contribution in [1.82, 2.24) is 9.69 Å². The van der Waals surface area contributed by atoms with Gasteiger partial charge >= 0.3 is 0 Å². The van der Waals surface area contributed by atoms with E-state index < -0.39 is 6.10 Å². The van der Waals surface area contributed by atoms with E-state index in [0.717, 1.165) is 4.88 Å². The fourth-order valence-corrected chi connectivity index (χ4v) is 1.26. The van der Waals surface area contributed by atoms with Crippen molar-refractivity contribution in [3.8, 4) is 0 Å². The summed E-state index contributed by atoms with van der Waals surface area (Å²) < 4.78 is 3.88.